The number of benzene rings is 1. The zero-order chi connectivity index (χ0) is 14.5. The molecule has 1 atom stereocenters. The molecule has 1 saturated carbocycles. The first-order valence-corrected chi connectivity index (χ1v) is 7.89. The average molecular weight is 278 g/mol. The maximum Gasteiger partial charge on any atom is 0.146 e. The van der Waals surface area contributed by atoms with E-state index in [1.165, 1.54) is 25.7 Å². The molecular formula is C17H27FN2. The van der Waals surface area contributed by atoms with Crippen LogP contribution in [0.2, 0.25) is 0 Å². The summed E-state index contributed by atoms with van der Waals surface area (Å²) in [6, 6.07) is 6.13. The van der Waals surface area contributed by atoms with Gasteiger partial charge in [0.25, 0.3) is 0 Å². The summed E-state index contributed by atoms with van der Waals surface area (Å²) in [5.74, 6) is -0.0953. The molecule has 20 heavy (non-hydrogen) atoms. The van der Waals surface area contributed by atoms with E-state index in [1.807, 2.05) is 13.1 Å². The van der Waals surface area contributed by atoms with Gasteiger partial charge in [0.1, 0.15) is 5.82 Å². The van der Waals surface area contributed by atoms with Crippen LogP contribution in [0.5, 0.6) is 0 Å². The van der Waals surface area contributed by atoms with E-state index in [1.54, 1.807) is 6.07 Å². The lowest BCUT2D eigenvalue weighted by atomic mass is 10.0. The second kappa shape index (κ2) is 7.07. The lowest BCUT2D eigenvalue weighted by Gasteiger charge is -2.31. The fourth-order valence-electron chi connectivity index (χ4n) is 3.20. The quantitative estimate of drug-likeness (QED) is 0.836. The molecule has 3 heteroatoms. The van der Waals surface area contributed by atoms with Gasteiger partial charge in [0, 0.05) is 19.1 Å². The van der Waals surface area contributed by atoms with E-state index in [2.05, 4.69) is 30.1 Å². The molecule has 1 fully saturated rings. The maximum absolute atomic E-state index is 14.4. The highest BCUT2D eigenvalue weighted by atomic mass is 19.1. The molecule has 1 aromatic rings. The van der Waals surface area contributed by atoms with Crippen LogP contribution in [-0.4, -0.2) is 19.6 Å². The smallest absolute Gasteiger partial charge is 0.146 e. The third-order valence-corrected chi connectivity index (χ3v) is 4.41. The van der Waals surface area contributed by atoms with Crippen molar-refractivity contribution >= 4 is 5.69 Å². The second-order valence-corrected chi connectivity index (χ2v) is 5.90. The Morgan fingerprint density at radius 1 is 1.35 bits per heavy atom. The molecule has 0 spiro atoms. The molecule has 2 rings (SSSR count). The lowest BCUT2D eigenvalue weighted by molar-refractivity contribution is 0.551. The Morgan fingerprint density at radius 2 is 2.05 bits per heavy atom. The summed E-state index contributed by atoms with van der Waals surface area (Å²) < 4.78 is 14.4. The highest BCUT2D eigenvalue weighted by Gasteiger charge is 2.25. The lowest BCUT2D eigenvalue weighted by Crippen LogP contribution is -2.32. The Bertz CT molecular complexity index is 427. The van der Waals surface area contributed by atoms with Crippen LogP contribution in [0.4, 0.5) is 10.1 Å². The van der Waals surface area contributed by atoms with Crippen molar-refractivity contribution in [2.75, 3.05) is 18.5 Å². The van der Waals surface area contributed by atoms with Crippen molar-refractivity contribution in [1.29, 1.82) is 0 Å². The van der Waals surface area contributed by atoms with Crippen LogP contribution in [-0.2, 0) is 0 Å². The molecule has 0 radical (unpaired) electrons. The summed E-state index contributed by atoms with van der Waals surface area (Å²) in [4.78, 5) is 2.17. The molecule has 0 heterocycles. The van der Waals surface area contributed by atoms with Gasteiger partial charge in [-0.05, 0) is 44.4 Å². The van der Waals surface area contributed by atoms with E-state index in [0.717, 1.165) is 24.2 Å². The molecule has 1 aromatic carbocycles. The first kappa shape index (κ1) is 15.3. The van der Waals surface area contributed by atoms with Gasteiger partial charge in [-0.15, -0.1) is 0 Å². The second-order valence-electron chi connectivity index (χ2n) is 5.90. The molecule has 0 amide bonds. The van der Waals surface area contributed by atoms with Gasteiger partial charge in [0.15, 0.2) is 0 Å². The number of anilines is 1. The van der Waals surface area contributed by atoms with Crippen molar-refractivity contribution in [2.24, 2.45) is 0 Å². The zero-order valence-electron chi connectivity index (χ0n) is 13.0. The minimum absolute atomic E-state index is 0.0953. The number of hydrogen-bond donors (Lipinski definition) is 1. The third kappa shape index (κ3) is 3.32. The predicted molar refractivity (Wildman–Crippen MR) is 83.8 cm³/mol. The molecule has 0 saturated heterocycles. The molecule has 1 aliphatic carbocycles. The Hall–Kier alpha value is -1.09. The van der Waals surface area contributed by atoms with Crippen LogP contribution < -0.4 is 10.2 Å². The maximum atomic E-state index is 14.4. The number of para-hydroxylation sites is 1. The minimum atomic E-state index is -0.0953. The Labute approximate surface area is 122 Å². The van der Waals surface area contributed by atoms with Crippen LogP contribution in [0.15, 0.2) is 18.2 Å². The number of hydrogen-bond acceptors (Lipinski definition) is 2. The van der Waals surface area contributed by atoms with Crippen molar-refractivity contribution in [3.63, 3.8) is 0 Å². The first-order valence-electron chi connectivity index (χ1n) is 7.89. The van der Waals surface area contributed by atoms with E-state index in [0.29, 0.717) is 6.04 Å². The van der Waals surface area contributed by atoms with E-state index < -0.39 is 0 Å². The van der Waals surface area contributed by atoms with Crippen molar-refractivity contribution in [3.05, 3.63) is 29.6 Å². The molecule has 1 unspecified atom stereocenters. The van der Waals surface area contributed by atoms with Crippen molar-refractivity contribution in [1.82, 2.24) is 5.32 Å². The topological polar surface area (TPSA) is 15.3 Å². The molecule has 2 nitrogen and oxygen atoms in total. The van der Waals surface area contributed by atoms with E-state index in [4.69, 9.17) is 0 Å². The molecule has 1 aliphatic rings. The van der Waals surface area contributed by atoms with E-state index in [-0.39, 0.29) is 11.9 Å². The van der Waals surface area contributed by atoms with Gasteiger partial charge in [-0.3, -0.25) is 0 Å². The predicted octanol–water partition coefficient (Wildman–Crippen LogP) is 4.27. The molecule has 112 valence electrons. The van der Waals surface area contributed by atoms with Gasteiger partial charge in [-0.2, -0.15) is 0 Å². The standard InChI is InChI=1S/C17H27FN2/c1-4-12-19-13(2)15-10-7-11-16(18)17(15)20(3)14-8-5-6-9-14/h7,10-11,13-14,19H,4-6,8-9,12H2,1-3H3. The average Bonchev–Trinajstić information content (AvgIpc) is 2.98. The Kier molecular flexibility index (Phi) is 5.41. The fourth-order valence-corrected chi connectivity index (χ4v) is 3.20. The van der Waals surface area contributed by atoms with Gasteiger partial charge < -0.3 is 10.2 Å². The van der Waals surface area contributed by atoms with Crippen molar-refractivity contribution < 1.29 is 4.39 Å². The van der Waals surface area contributed by atoms with Gasteiger partial charge >= 0.3 is 0 Å². The SMILES string of the molecule is CCCNC(C)c1cccc(F)c1N(C)C1CCCC1. The van der Waals surface area contributed by atoms with E-state index in [9.17, 15) is 4.39 Å². The van der Waals surface area contributed by atoms with Gasteiger partial charge in [0.05, 0.1) is 5.69 Å². The molecular weight excluding hydrogens is 251 g/mol. The highest BCUT2D eigenvalue weighted by molar-refractivity contribution is 5.56. The normalized spacial score (nSPS) is 17.4. The summed E-state index contributed by atoms with van der Waals surface area (Å²) >= 11 is 0. The van der Waals surface area contributed by atoms with Crippen molar-refractivity contribution in [3.8, 4) is 0 Å². The monoisotopic (exact) mass is 278 g/mol. The van der Waals surface area contributed by atoms with Crippen LogP contribution in [0.3, 0.4) is 0 Å². The molecule has 1 N–H and O–H groups in total. The summed E-state index contributed by atoms with van der Waals surface area (Å²) in [7, 11) is 2.05. The van der Waals surface area contributed by atoms with Crippen LogP contribution >= 0.6 is 0 Å². The van der Waals surface area contributed by atoms with Gasteiger partial charge in [-0.1, -0.05) is 31.9 Å². The highest BCUT2D eigenvalue weighted by Crippen LogP contribution is 2.33. The summed E-state index contributed by atoms with van der Waals surface area (Å²) in [6.45, 7) is 5.23. The van der Waals surface area contributed by atoms with Crippen LogP contribution in [0.1, 0.15) is 57.6 Å². The fraction of sp³-hybridized carbons (Fsp3) is 0.647. The summed E-state index contributed by atoms with van der Waals surface area (Å²) in [6.07, 6.45) is 5.99. The summed E-state index contributed by atoms with van der Waals surface area (Å²) in [5, 5.41) is 3.47. The number of nitrogens with one attached hydrogen (secondary N) is 1. The largest absolute Gasteiger partial charge is 0.369 e. The number of rotatable bonds is 6. The van der Waals surface area contributed by atoms with Crippen LogP contribution in [0, 0.1) is 5.82 Å². The van der Waals surface area contributed by atoms with E-state index >= 15 is 0 Å². The Balaban J connectivity index is 2.25. The number of halogens is 1. The van der Waals surface area contributed by atoms with Crippen molar-refractivity contribution in [2.45, 2.75) is 58.0 Å². The Morgan fingerprint density at radius 3 is 2.70 bits per heavy atom. The third-order valence-electron chi connectivity index (χ3n) is 4.41. The van der Waals surface area contributed by atoms with Crippen LogP contribution in [0.25, 0.3) is 0 Å². The van der Waals surface area contributed by atoms with Gasteiger partial charge in [-0.25, -0.2) is 4.39 Å². The van der Waals surface area contributed by atoms with Gasteiger partial charge in [0.2, 0.25) is 0 Å². The molecule has 0 aliphatic heterocycles. The molecule has 0 aromatic heterocycles. The molecule has 0 bridgehead atoms. The summed E-state index contributed by atoms with van der Waals surface area (Å²) in [5.41, 5.74) is 1.86. The minimum Gasteiger partial charge on any atom is -0.369 e. The zero-order valence-corrected chi connectivity index (χ0v) is 13.0. The first-order chi connectivity index (χ1) is 9.65. The number of nitrogens with zero attached hydrogens (tertiary/aromatic N) is 1.